The number of hydrogen-bond acceptors (Lipinski definition) is 4. The highest BCUT2D eigenvalue weighted by Gasteiger charge is 2.39. The summed E-state index contributed by atoms with van der Waals surface area (Å²) < 4.78 is 0. The molecule has 0 amide bonds. The normalized spacial score (nSPS) is 21.9. The molecule has 20 heavy (non-hydrogen) atoms. The van der Waals surface area contributed by atoms with Crippen LogP contribution in [0.5, 0.6) is 0 Å². The zero-order chi connectivity index (χ0) is 14.0. The molecule has 2 N–H and O–H groups in total. The third-order valence-electron chi connectivity index (χ3n) is 3.91. The Labute approximate surface area is 119 Å². The van der Waals surface area contributed by atoms with Crippen LogP contribution in [0.25, 0.3) is 0 Å². The van der Waals surface area contributed by atoms with Crippen LogP contribution in [-0.2, 0) is 12.1 Å². The molecule has 0 saturated carbocycles. The minimum atomic E-state index is -0.205. The van der Waals surface area contributed by atoms with Crippen molar-refractivity contribution in [2.75, 3.05) is 6.54 Å². The molecule has 4 heteroatoms. The van der Waals surface area contributed by atoms with Crippen LogP contribution in [0.4, 0.5) is 0 Å². The molecule has 2 aromatic rings. The molecular formula is C16H18N4. The number of nitrogens with two attached hydrogens (primary N) is 1. The smallest absolute Gasteiger partial charge is 0.192 e. The van der Waals surface area contributed by atoms with Gasteiger partial charge in [0.05, 0.1) is 12.1 Å². The second-order valence-electron chi connectivity index (χ2n) is 5.26. The fraction of sp³-hybridized carbons (Fsp3) is 0.250. The van der Waals surface area contributed by atoms with Gasteiger partial charge in [0.2, 0.25) is 0 Å². The first-order valence-corrected chi connectivity index (χ1v) is 6.72. The average Bonchev–Trinajstić information content (AvgIpc) is 2.79. The predicted octanol–water partition coefficient (Wildman–Crippen LogP) is 2.13. The highest BCUT2D eigenvalue weighted by Crippen LogP contribution is 2.33. The third-order valence-corrected chi connectivity index (χ3v) is 3.91. The number of nitrogens with zero attached hydrogens (tertiary/aromatic N) is 3. The SMILES string of the molecule is CC1(c2ccncc2)CN=C(N)N1Cc1ccccc1. The van der Waals surface area contributed by atoms with E-state index in [4.69, 9.17) is 5.73 Å². The summed E-state index contributed by atoms with van der Waals surface area (Å²) in [5.74, 6) is 0.605. The Bertz CT molecular complexity index is 609. The molecule has 1 aliphatic heterocycles. The van der Waals surface area contributed by atoms with Gasteiger partial charge in [0.15, 0.2) is 5.96 Å². The van der Waals surface area contributed by atoms with Crippen molar-refractivity contribution in [1.29, 1.82) is 0 Å². The van der Waals surface area contributed by atoms with Gasteiger partial charge in [-0.3, -0.25) is 9.98 Å². The van der Waals surface area contributed by atoms with E-state index in [1.54, 1.807) is 0 Å². The molecule has 0 spiro atoms. The van der Waals surface area contributed by atoms with Gasteiger partial charge < -0.3 is 10.6 Å². The Hall–Kier alpha value is -2.36. The highest BCUT2D eigenvalue weighted by atomic mass is 15.3. The zero-order valence-electron chi connectivity index (χ0n) is 11.5. The molecule has 3 rings (SSSR count). The van der Waals surface area contributed by atoms with Crippen LogP contribution in [0.1, 0.15) is 18.1 Å². The van der Waals surface area contributed by atoms with Gasteiger partial charge in [-0.1, -0.05) is 30.3 Å². The van der Waals surface area contributed by atoms with Crippen LogP contribution in [0.15, 0.2) is 59.9 Å². The minimum absolute atomic E-state index is 0.205. The summed E-state index contributed by atoms with van der Waals surface area (Å²) in [6.45, 7) is 3.61. The number of hydrogen-bond donors (Lipinski definition) is 1. The zero-order valence-corrected chi connectivity index (χ0v) is 11.5. The predicted molar refractivity (Wildman–Crippen MR) is 80.1 cm³/mol. The summed E-state index contributed by atoms with van der Waals surface area (Å²) in [5.41, 5.74) is 8.31. The van der Waals surface area contributed by atoms with E-state index < -0.39 is 0 Å². The van der Waals surface area contributed by atoms with Crippen LogP contribution in [0.2, 0.25) is 0 Å². The van der Waals surface area contributed by atoms with Gasteiger partial charge in [-0.15, -0.1) is 0 Å². The number of aromatic nitrogens is 1. The molecule has 1 aromatic carbocycles. The molecular weight excluding hydrogens is 248 g/mol. The molecule has 102 valence electrons. The number of guanidine groups is 1. The van der Waals surface area contributed by atoms with Crippen LogP contribution < -0.4 is 5.73 Å². The Morgan fingerprint density at radius 3 is 2.55 bits per heavy atom. The third kappa shape index (κ3) is 2.13. The van der Waals surface area contributed by atoms with Crippen LogP contribution in [-0.4, -0.2) is 22.4 Å². The molecule has 1 aliphatic rings. The fourth-order valence-corrected chi connectivity index (χ4v) is 2.64. The number of aliphatic imine (C=N–C) groups is 1. The van der Waals surface area contributed by atoms with Crippen LogP contribution in [0.3, 0.4) is 0 Å². The molecule has 0 aliphatic carbocycles. The summed E-state index contributed by atoms with van der Waals surface area (Å²) >= 11 is 0. The first-order chi connectivity index (χ1) is 9.70. The van der Waals surface area contributed by atoms with Gasteiger partial charge in [0.25, 0.3) is 0 Å². The maximum atomic E-state index is 6.10. The summed E-state index contributed by atoms with van der Waals surface area (Å²) in [7, 11) is 0. The van der Waals surface area contributed by atoms with Crippen LogP contribution in [0, 0.1) is 0 Å². The first-order valence-electron chi connectivity index (χ1n) is 6.72. The van der Waals surface area contributed by atoms with Crippen LogP contribution >= 0.6 is 0 Å². The molecule has 0 bridgehead atoms. The number of pyridine rings is 1. The lowest BCUT2D eigenvalue weighted by Gasteiger charge is -2.36. The summed E-state index contributed by atoms with van der Waals surface area (Å²) in [4.78, 5) is 10.7. The van der Waals surface area contributed by atoms with E-state index in [9.17, 15) is 0 Å². The van der Waals surface area contributed by atoms with Gasteiger partial charge in [0, 0.05) is 18.9 Å². The summed E-state index contributed by atoms with van der Waals surface area (Å²) in [5, 5.41) is 0. The topological polar surface area (TPSA) is 54.5 Å². The van der Waals surface area contributed by atoms with E-state index >= 15 is 0 Å². The van der Waals surface area contributed by atoms with Crippen molar-refractivity contribution in [2.45, 2.75) is 19.0 Å². The monoisotopic (exact) mass is 266 g/mol. The van der Waals surface area contributed by atoms with Crippen molar-refractivity contribution in [2.24, 2.45) is 10.7 Å². The standard InChI is InChI=1S/C16H18N4/c1-16(14-7-9-18-10-8-14)12-19-15(17)20(16)11-13-5-3-2-4-6-13/h2-10H,11-12H2,1H3,(H2,17,19). The van der Waals surface area contributed by atoms with E-state index in [0.29, 0.717) is 12.5 Å². The highest BCUT2D eigenvalue weighted by molar-refractivity contribution is 5.81. The van der Waals surface area contributed by atoms with E-state index in [2.05, 4.69) is 33.9 Å². The van der Waals surface area contributed by atoms with Gasteiger partial charge in [0.1, 0.15) is 0 Å². The molecule has 1 unspecified atom stereocenters. The van der Waals surface area contributed by atoms with Crippen molar-refractivity contribution in [3.05, 3.63) is 66.0 Å². The maximum Gasteiger partial charge on any atom is 0.192 e. The lowest BCUT2D eigenvalue weighted by atomic mass is 9.91. The van der Waals surface area contributed by atoms with Gasteiger partial charge in [-0.05, 0) is 30.2 Å². The van der Waals surface area contributed by atoms with E-state index in [0.717, 1.165) is 6.54 Å². The van der Waals surface area contributed by atoms with Crippen molar-refractivity contribution in [3.8, 4) is 0 Å². The largest absolute Gasteiger partial charge is 0.370 e. The molecule has 0 fully saturated rings. The Morgan fingerprint density at radius 2 is 1.85 bits per heavy atom. The Balaban J connectivity index is 1.92. The average molecular weight is 266 g/mol. The second-order valence-corrected chi connectivity index (χ2v) is 5.26. The van der Waals surface area contributed by atoms with Crippen molar-refractivity contribution < 1.29 is 0 Å². The molecule has 0 radical (unpaired) electrons. The van der Waals surface area contributed by atoms with Crippen molar-refractivity contribution in [1.82, 2.24) is 9.88 Å². The molecule has 0 saturated heterocycles. The van der Waals surface area contributed by atoms with Gasteiger partial charge in [-0.2, -0.15) is 0 Å². The van der Waals surface area contributed by atoms with Gasteiger partial charge in [-0.25, -0.2) is 0 Å². The lowest BCUT2D eigenvalue weighted by molar-refractivity contribution is 0.217. The second kappa shape index (κ2) is 4.96. The lowest BCUT2D eigenvalue weighted by Crippen LogP contribution is -2.46. The number of benzene rings is 1. The van der Waals surface area contributed by atoms with Crippen molar-refractivity contribution >= 4 is 5.96 Å². The fourth-order valence-electron chi connectivity index (χ4n) is 2.64. The minimum Gasteiger partial charge on any atom is -0.370 e. The molecule has 4 nitrogen and oxygen atoms in total. The quantitative estimate of drug-likeness (QED) is 0.926. The van der Waals surface area contributed by atoms with E-state index in [1.165, 1.54) is 11.1 Å². The summed E-state index contributed by atoms with van der Waals surface area (Å²) in [6.07, 6.45) is 3.63. The Kier molecular flexibility index (Phi) is 3.14. The van der Waals surface area contributed by atoms with E-state index in [1.807, 2.05) is 42.7 Å². The number of rotatable bonds is 3. The van der Waals surface area contributed by atoms with E-state index in [-0.39, 0.29) is 5.54 Å². The molecule has 2 heterocycles. The Morgan fingerprint density at radius 1 is 1.15 bits per heavy atom. The van der Waals surface area contributed by atoms with Crippen molar-refractivity contribution in [3.63, 3.8) is 0 Å². The van der Waals surface area contributed by atoms with Gasteiger partial charge >= 0.3 is 0 Å². The maximum absolute atomic E-state index is 6.10. The molecule has 1 atom stereocenters. The summed E-state index contributed by atoms with van der Waals surface area (Å²) in [6, 6.07) is 14.4. The first kappa shape index (κ1) is 12.7. The molecule has 1 aromatic heterocycles.